The summed E-state index contributed by atoms with van der Waals surface area (Å²) in [6.07, 6.45) is 5.40. The van der Waals surface area contributed by atoms with Crippen molar-refractivity contribution >= 4 is 12.6 Å². The van der Waals surface area contributed by atoms with Gasteiger partial charge < -0.3 is 4.90 Å². The van der Waals surface area contributed by atoms with E-state index in [1.165, 1.54) is 38.8 Å². The van der Waals surface area contributed by atoms with Crippen LogP contribution in [0.5, 0.6) is 0 Å². The lowest BCUT2D eigenvalue weighted by Gasteiger charge is -2.37. The van der Waals surface area contributed by atoms with Crippen LogP contribution in [0.4, 0.5) is 0 Å². The maximum Gasteiger partial charge on any atom is 0.00694 e. The van der Waals surface area contributed by atoms with Crippen molar-refractivity contribution in [2.45, 2.75) is 52.5 Å². The van der Waals surface area contributed by atoms with Crippen LogP contribution in [0.1, 0.15) is 46.5 Å². The molecule has 0 saturated carbocycles. The Kier molecular flexibility index (Phi) is 6.06. The Labute approximate surface area is 101 Å². The molecule has 0 bridgehead atoms. The molecule has 1 fully saturated rings. The van der Waals surface area contributed by atoms with Gasteiger partial charge in [0.25, 0.3) is 0 Å². The average molecular weight is 229 g/mol. The smallest absolute Gasteiger partial charge is 0.00694 e. The molecule has 3 unspecified atom stereocenters. The average Bonchev–Trinajstić information content (AvgIpc) is 2.17. The number of nitrogens with zero attached hydrogens (tertiary/aromatic N) is 1. The van der Waals surface area contributed by atoms with E-state index in [4.69, 9.17) is 0 Å². The molecule has 1 saturated heterocycles. The van der Waals surface area contributed by atoms with Gasteiger partial charge >= 0.3 is 0 Å². The zero-order valence-corrected chi connectivity index (χ0v) is 11.5. The second-order valence-electron chi connectivity index (χ2n) is 5.42. The quantitative estimate of drug-likeness (QED) is 0.707. The Balaban J connectivity index is 2.20. The van der Waals surface area contributed by atoms with Gasteiger partial charge in [0.05, 0.1) is 0 Å². The van der Waals surface area contributed by atoms with Crippen molar-refractivity contribution in [2.24, 2.45) is 11.8 Å². The highest BCUT2D eigenvalue weighted by Crippen LogP contribution is 2.23. The Bertz CT molecular complexity index is 172. The van der Waals surface area contributed by atoms with Crippen molar-refractivity contribution in [3.05, 3.63) is 0 Å². The number of rotatable bonds is 5. The Morgan fingerprint density at radius 1 is 1.33 bits per heavy atom. The lowest BCUT2D eigenvalue weighted by molar-refractivity contribution is 0.122. The topological polar surface area (TPSA) is 3.24 Å². The van der Waals surface area contributed by atoms with Crippen LogP contribution in [0.2, 0.25) is 0 Å². The molecular weight excluding hydrogens is 202 g/mol. The highest BCUT2D eigenvalue weighted by Gasteiger charge is 2.22. The van der Waals surface area contributed by atoms with Crippen LogP contribution in [0.3, 0.4) is 0 Å². The number of hydrogen-bond acceptors (Lipinski definition) is 2. The van der Waals surface area contributed by atoms with Gasteiger partial charge in [-0.05, 0) is 63.3 Å². The number of piperidine rings is 1. The zero-order valence-electron chi connectivity index (χ0n) is 10.6. The van der Waals surface area contributed by atoms with Crippen LogP contribution in [0.15, 0.2) is 0 Å². The molecule has 0 N–H and O–H groups in total. The molecule has 0 spiro atoms. The molecule has 1 nitrogen and oxygen atoms in total. The standard InChI is InChI=1S/C13H27NS/c1-11(6-9-15)4-7-14-8-5-12(2)10-13(14)3/h11-13,15H,4-10H2,1-3H3. The first kappa shape index (κ1) is 13.4. The molecule has 1 aliphatic heterocycles. The largest absolute Gasteiger partial charge is 0.301 e. The molecule has 0 amide bonds. The monoisotopic (exact) mass is 229 g/mol. The predicted octanol–water partition coefficient (Wildman–Crippen LogP) is 3.45. The molecule has 0 aliphatic carbocycles. The maximum absolute atomic E-state index is 4.30. The summed E-state index contributed by atoms with van der Waals surface area (Å²) in [5, 5.41) is 0. The van der Waals surface area contributed by atoms with Crippen LogP contribution in [0, 0.1) is 11.8 Å². The Hall–Kier alpha value is 0.310. The van der Waals surface area contributed by atoms with E-state index in [9.17, 15) is 0 Å². The molecule has 3 atom stereocenters. The normalized spacial score (nSPS) is 30.4. The third kappa shape index (κ3) is 4.78. The summed E-state index contributed by atoms with van der Waals surface area (Å²) in [7, 11) is 0. The van der Waals surface area contributed by atoms with Gasteiger partial charge in [-0.3, -0.25) is 0 Å². The van der Waals surface area contributed by atoms with Crippen LogP contribution >= 0.6 is 12.6 Å². The highest BCUT2D eigenvalue weighted by molar-refractivity contribution is 7.80. The van der Waals surface area contributed by atoms with Crippen LogP contribution in [-0.4, -0.2) is 29.8 Å². The van der Waals surface area contributed by atoms with Gasteiger partial charge in [-0.25, -0.2) is 0 Å². The second kappa shape index (κ2) is 6.80. The first-order valence-electron chi connectivity index (χ1n) is 6.48. The minimum absolute atomic E-state index is 0.803. The number of thiol groups is 1. The van der Waals surface area contributed by atoms with Crippen LogP contribution < -0.4 is 0 Å². The molecule has 0 aromatic heterocycles. The van der Waals surface area contributed by atoms with E-state index >= 15 is 0 Å². The van der Waals surface area contributed by atoms with Crippen molar-refractivity contribution in [2.75, 3.05) is 18.8 Å². The van der Waals surface area contributed by atoms with Gasteiger partial charge in [0.15, 0.2) is 0 Å². The number of likely N-dealkylation sites (tertiary alicyclic amines) is 1. The van der Waals surface area contributed by atoms with Gasteiger partial charge in [-0.1, -0.05) is 13.8 Å². The fourth-order valence-electron chi connectivity index (χ4n) is 2.54. The lowest BCUT2D eigenvalue weighted by Crippen LogP contribution is -2.41. The molecule has 0 aromatic rings. The minimum Gasteiger partial charge on any atom is -0.301 e. The molecule has 0 radical (unpaired) electrons. The van der Waals surface area contributed by atoms with E-state index < -0.39 is 0 Å². The Morgan fingerprint density at radius 2 is 2.07 bits per heavy atom. The summed E-state index contributed by atoms with van der Waals surface area (Å²) in [5.41, 5.74) is 0. The molecule has 90 valence electrons. The first-order chi connectivity index (χ1) is 7.13. The molecule has 1 heterocycles. The summed E-state index contributed by atoms with van der Waals surface area (Å²) in [6.45, 7) is 9.74. The van der Waals surface area contributed by atoms with E-state index in [-0.39, 0.29) is 0 Å². The summed E-state index contributed by atoms with van der Waals surface area (Å²) in [5.74, 6) is 2.81. The van der Waals surface area contributed by atoms with Gasteiger partial charge in [0.1, 0.15) is 0 Å². The maximum atomic E-state index is 4.30. The van der Waals surface area contributed by atoms with E-state index in [0.717, 1.165) is 23.6 Å². The van der Waals surface area contributed by atoms with Crippen molar-refractivity contribution in [1.29, 1.82) is 0 Å². The zero-order chi connectivity index (χ0) is 11.3. The second-order valence-corrected chi connectivity index (χ2v) is 5.87. The molecule has 0 aromatic carbocycles. The molecule has 1 aliphatic rings. The summed E-state index contributed by atoms with van der Waals surface area (Å²) >= 11 is 4.30. The van der Waals surface area contributed by atoms with Gasteiger partial charge in [-0.2, -0.15) is 12.6 Å². The van der Waals surface area contributed by atoms with Gasteiger partial charge in [0, 0.05) is 6.04 Å². The van der Waals surface area contributed by atoms with Crippen molar-refractivity contribution in [1.82, 2.24) is 4.90 Å². The summed E-state index contributed by atoms with van der Waals surface area (Å²) in [6, 6.07) is 0.803. The van der Waals surface area contributed by atoms with Crippen molar-refractivity contribution < 1.29 is 0 Å². The lowest BCUT2D eigenvalue weighted by atomic mass is 9.92. The predicted molar refractivity (Wildman–Crippen MR) is 71.7 cm³/mol. The highest BCUT2D eigenvalue weighted by atomic mass is 32.1. The SMILES string of the molecule is CC(CCS)CCN1CCC(C)CC1C. The van der Waals surface area contributed by atoms with E-state index in [0.29, 0.717) is 0 Å². The third-order valence-electron chi connectivity index (χ3n) is 3.81. The molecule has 2 heteroatoms. The van der Waals surface area contributed by atoms with Crippen molar-refractivity contribution in [3.63, 3.8) is 0 Å². The molecular formula is C13H27NS. The number of hydrogen-bond donors (Lipinski definition) is 1. The Morgan fingerprint density at radius 3 is 2.67 bits per heavy atom. The van der Waals surface area contributed by atoms with Crippen LogP contribution in [-0.2, 0) is 0 Å². The van der Waals surface area contributed by atoms with Gasteiger partial charge in [0.2, 0.25) is 0 Å². The minimum atomic E-state index is 0.803. The summed E-state index contributed by atoms with van der Waals surface area (Å²) in [4.78, 5) is 2.68. The molecule has 15 heavy (non-hydrogen) atoms. The van der Waals surface area contributed by atoms with Crippen LogP contribution in [0.25, 0.3) is 0 Å². The third-order valence-corrected chi connectivity index (χ3v) is 4.07. The van der Waals surface area contributed by atoms with E-state index in [1.807, 2.05) is 0 Å². The molecule has 1 rings (SSSR count). The van der Waals surface area contributed by atoms with Gasteiger partial charge in [-0.15, -0.1) is 0 Å². The fourth-order valence-corrected chi connectivity index (χ4v) is 2.98. The van der Waals surface area contributed by atoms with Crippen molar-refractivity contribution in [3.8, 4) is 0 Å². The van der Waals surface area contributed by atoms with E-state index in [2.05, 4.69) is 38.3 Å². The first-order valence-corrected chi connectivity index (χ1v) is 7.11. The summed E-state index contributed by atoms with van der Waals surface area (Å²) < 4.78 is 0. The van der Waals surface area contributed by atoms with E-state index in [1.54, 1.807) is 0 Å². The fraction of sp³-hybridized carbons (Fsp3) is 1.00.